The second-order valence-electron chi connectivity index (χ2n) is 8.18. The van der Waals surface area contributed by atoms with Gasteiger partial charge in [0.05, 0.1) is 4.90 Å². The number of anilines is 1. The molecule has 0 aliphatic carbocycles. The molecule has 0 radical (unpaired) electrons. The van der Waals surface area contributed by atoms with Crippen molar-refractivity contribution in [3.8, 4) is 0 Å². The first-order chi connectivity index (χ1) is 14.6. The second-order valence-corrected chi connectivity index (χ2v) is 10.0. The van der Waals surface area contributed by atoms with Crippen molar-refractivity contribution in [1.82, 2.24) is 14.6 Å². The highest BCUT2D eigenvalue weighted by atomic mass is 32.2. The number of urea groups is 1. The van der Waals surface area contributed by atoms with Crippen molar-refractivity contribution >= 4 is 27.6 Å². The van der Waals surface area contributed by atoms with E-state index >= 15 is 0 Å². The van der Waals surface area contributed by atoms with E-state index in [1.54, 1.807) is 44.4 Å². The minimum atomic E-state index is -3.76. The van der Waals surface area contributed by atoms with Crippen LogP contribution in [0.3, 0.4) is 0 Å². The largest absolute Gasteiger partial charge is 0.369 e. The molecule has 2 heterocycles. The maximum absolute atomic E-state index is 13.2. The molecule has 3 rings (SSSR count). The van der Waals surface area contributed by atoms with Gasteiger partial charge in [0.1, 0.15) is 0 Å². The Balaban J connectivity index is 1.64. The van der Waals surface area contributed by atoms with Gasteiger partial charge >= 0.3 is 6.03 Å². The monoisotopic (exact) mass is 445 g/mol. The van der Waals surface area contributed by atoms with Crippen LogP contribution in [0.5, 0.6) is 0 Å². The third-order valence-corrected chi connectivity index (χ3v) is 7.51. The van der Waals surface area contributed by atoms with E-state index in [1.165, 1.54) is 16.4 Å². The summed E-state index contributed by atoms with van der Waals surface area (Å²) >= 11 is 0. The van der Waals surface area contributed by atoms with Gasteiger partial charge in [0.15, 0.2) is 0 Å². The number of benzene rings is 1. The van der Waals surface area contributed by atoms with Gasteiger partial charge in [0, 0.05) is 42.6 Å². The second kappa shape index (κ2) is 9.03. The first-order valence-corrected chi connectivity index (χ1v) is 11.4. The van der Waals surface area contributed by atoms with Crippen LogP contribution in [0.1, 0.15) is 32.3 Å². The zero-order chi connectivity index (χ0) is 22.6. The van der Waals surface area contributed by atoms with Crippen molar-refractivity contribution in [2.24, 2.45) is 11.7 Å². The average molecular weight is 446 g/mol. The summed E-state index contributed by atoms with van der Waals surface area (Å²) in [4.78, 5) is 27.7. The quantitative estimate of drug-likeness (QED) is 0.626. The standard InChI is InChI=1S/C21H27N5O4S/c1-21(2)12-16(19(22)27)9-11-26(21)31(29,30)18-7-5-17(6-8-18)25-20(28)24-14-15-4-3-10-23-13-15/h3-8,10,13,16H,9,11-12,14H2,1-2H3,(H2,22,27)(H2,24,25,28). The lowest BCUT2D eigenvalue weighted by atomic mass is 9.84. The van der Waals surface area contributed by atoms with Gasteiger partial charge in [-0.1, -0.05) is 6.07 Å². The molecular formula is C21H27N5O4S. The van der Waals surface area contributed by atoms with E-state index in [2.05, 4.69) is 15.6 Å². The van der Waals surface area contributed by atoms with Gasteiger partial charge in [-0.05, 0) is 62.6 Å². The predicted octanol–water partition coefficient (Wildman–Crippen LogP) is 2.07. The van der Waals surface area contributed by atoms with Crippen LogP contribution < -0.4 is 16.4 Å². The summed E-state index contributed by atoms with van der Waals surface area (Å²) < 4.78 is 27.8. The fraction of sp³-hybridized carbons (Fsp3) is 0.381. The number of sulfonamides is 1. The van der Waals surface area contributed by atoms with Gasteiger partial charge in [-0.2, -0.15) is 4.31 Å². The highest BCUT2D eigenvalue weighted by Crippen LogP contribution is 2.35. The summed E-state index contributed by atoms with van der Waals surface area (Å²) in [5, 5.41) is 5.39. The van der Waals surface area contributed by atoms with E-state index in [1.807, 2.05) is 6.07 Å². The van der Waals surface area contributed by atoms with Gasteiger partial charge in [0.2, 0.25) is 15.9 Å². The smallest absolute Gasteiger partial charge is 0.319 e. The Bertz CT molecular complexity index is 1040. The predicted molar refractivity (Wildman–Crippen MR) is 116 cm³/mol. The number of nitrogens with one attached hydrogen (secondary N) is 2. The van der Waals surface area contributed by atoms with Gasteiger partial charge in [-0.25, -0.2) is 13.2 Å². The van der Waals surface area contributed by atoms with Crippen LogP contribution in [0.4, 0.5) is 10.5 Å². The number of nitrogens with zero attached hydrogens (tertiary/aromatic N) is 2. The van der Waals surface area contributed by atoms with Crippen LogP contribution in [0.25, 0.3) is 0 Å². The molecule has 31 heavy (non-hydrogen) atoms. The molecule has 3 amide bonds. The lowest BCUT2D eigenvalue weighted by Crippen LogP contribution is -2.54. The fourth-order valence-electron chi connectivity index (χ4n) is 3.77. The Kier molecular flexibility index (Phi) is 6.61. The van der Waals surface area contributed by atoms with Crippen LogP contribution in [0.15, 0.2) is 53.7 Å². The lowest BCUT2D eigenvalue weighted by Gasteiger charge is -2.43. The highest BCUT2D eigenvalue weighted by molar-refractivity contribution is 7.89. The van der Waals surface area contributed by atoms with Crippen LogP contribution in [-0.2, 0) is 21.4 Å². The molecule has 10 heteroatoms. The van der Waals surface area contributed by atoms with Crippen molar-refractivity contribution < 1.29 is 18.0 Å². The molecule has 166 valence electrons. The molecule has 1 atom stereocenters. The Morgan fingerprint density at radius 2 is 1.94 bits per heavy atom. The number of carbonyl (C=O) groups is 2. The number of carbonyl (C=O) groups excluding carboxylic acids is 2. The number of nitrogens with two attached hydrogens (primary N) is 1. The molecular weight excluding hydrogens is 418 g/mol. The maximum Gasteiger partial charge on any atom is 0.319 e. The van der Waals surface area contributed by atoms with Gasteiger partial charge in [-0.15, -0.1) is 0 Å². The van der Waals surface area contributed by atoms with Crippen LogP contribution in [-0.4, -0.2) is 41.7 Å². The Morgan fingerprint density at radius 1 is 1.23 bits per heavy atom. The maximum atomic E-state index is 13.2. The van der Waals surface area contributed by atoms with E-state index in [4.69, 9.17) is 5.73 Å². The number of primary amides is 1. The zero-order valence-electron chi connectivity index (χ0n) is 17.5. The molecule has 1 aromatic heterocycles. The molecule has 1 aliphatic rings. The molecule has 2 aromatic rings. The van der Waals surface area contributed by atoms with Crippen LogP contribution in [0, 0.1) is 5.92 Å². The van der Waals surface area contributed by atoms with Gasteiger partial charge in [0.25, 0.3) is 0 Å². The third kappa shape index (κ3) is 5.39. The summed E-state index contributed by atoms with van der Waals surface area (Å²) in [6, 6.07) is 9.23. The van der Waals surface area contributed by atoms with Crippen molar-refractivity contribution in [3.63, 3.8) is 0 Å². The third-order valence-electron chi connectivity index (χ3n) is 5.38. The molecule has 1 saturated heterocycles. The number of aromatic nitrogens is 1. The molecule has 0 spiro atoms. The highest BCUT2D eigenvalue weighted by Gasteiger charge is 2.43. The first-order valence-electron chi connectivity index (χ1n) is 9.95. The molecule has 9 nitrogen and oxygen atoms in total. The summed E-state index contributed by atoms with van der Waals surface area (Å²) in [5.74, 6) is -0.736. The minimum absolute atomic E-state index is 0.124. The number of rotatable bonds is 6. The van der Waals surface area contributed by atoms with E-state index < -0.39 is 27.5 Å². The summed E-state index contributed by atoms with van der Waals surface area (Å²) in [6.07, 6.45) is 4.08. The number of piperidine rings is 1. The zero-order valence-corrected chi connectivity index (χ0v) is 18.4. The van der Waals surface area contributed by atoms with E-state index in [9.17, 15) is 18.0 Å². The van der Waals surface area contributed by atoms with Gasteiger partial charge in [-0.3, -0.25) is 9.78 Å². The van der Waals surface area contributed by atoms with E-state index in [-0.39, 0.29) is 17.4 Å². The Morgan fingerprint density at radius 3 is 2.52 bits per heavy atom. The first kappa shape index (κ1) is 22.7. The number of pyridine rings is 1. The van der Waals surface area contributed by atoms with Crippen molar-refractivity contribution in [2.75, 3.05) is 11.9 Å². The van der Waals surface area contributed by atoms with Crippen LogP contribution in [0.2, 0.25) is 0 Å². The summed E-state index contributed by atoms with van der Waals surface area (Å²) in [5.41, 5.74) is 6.01. The number of hydrogen-bond acceptors (Lipinski definition) is 5. The molecule has 1 fully saturated rings. The lowest BCUT2D eigenvalue weighted by molar-refractivity contribution is -0.124. The minimum Gasteiger partial charge on any atom is -0.369 e. The molecule has 4 N–H and O–H groups in total. The molecule has 1 unspecified atom stereocenters. The Labute approximate surface area is 182 Å². The van der Waals surface area contributed by atoms with Crippen LogP contribution >= 0.6 is 0 Å². The normalized spacial score (nSPS) is 18.8. The van der Waals surface area contributed by atoms with E-state index in [0.29, 0.717) is 25.1 Å². The van der Waals surface area contributed by atoms with E-state index in [0.717, 1.165) is 5.56 Å². The molecule has 1 aromatic carbocycles. The molecule has 1 aliphatic heterocycles. The number of amides is 3. The number of hydrogen-bond donors (Lipinski definition) is 3. The average Bonchev–Trinajstić information content (AvgIpc) is 2.72. The van der Waals surface area contributed by atoms with Gasteiger partial charge < -0.3 is 16.4 Å². The summed E-state index contributed by atoms with van der Waals surface area (Å²) in [7, 11) is -3.76. The SMILES string of the molecule is CC1(C)CC(C(N)=O)CCN1S(=O)(=O)c1ccc(NC(=O)NCc2cccnc2)cc1. The van der Waals surface area contributed by atoms with Crippen molar-refractivity contribution in [2.45, 2.75) is 43.7 Å². The molecule has 0 saturated carbocycles. The molecule has 0 bridgehead atoms. The Hall–Kier alpha value is -2.98. The fourth-order valence-corrected chi connectivity index (χ4v) is 5.57. The topological polar surface area (TPSA) is 134 Å². The summed E-state index contributed by atoms with van der Waals surface area (Å²) in [6.45, 7) is 4.13. The van der Waals surface area contributed by atoms with Crippen molar-refractivity contribution in [1.29, 1.82) is 0 Å². The van der Waals surface area contributed by atoms with Crippen molar-refractivity contribution in [3.05, 3.63) is 54.4 Å².